The van der Waals surface area contributed by atoms with Gasteiger partial charge in [-0.1, -0.05) is 54.1 Å². The van der Waals surface area contributed by atoms with Gasteiger partial charge in [-0.3, -0.25) is 9.59 Å². The predicted octanol–water partition coefficient (Wildman–Crippen LogP) is 3.54. The highest BCUT2D eigenvalue weighted by Crippen LogP contribution is 2.31. The molecule has 39 heavy (non-hydrogen) atoms. The molecule has 0 bridgehead atoms. The van der Waals surface area contributed by atoms with Gasteiger partial charge in [-0.2, -0.15) is 5.10 Å². The average Bonchev–Trinajstić information content (AvgIpc) is 3.30. The van der Waals surface area contributed by atoms with Crippen LogP contribution in [0.4, 0.5) is 5.69 Å². The number of amides is 2. The highest BCUT2D eigenvalue weighted by Gasteiger charge is 2.34. The molecule has 0 unspecified atom stereocenters. The van der Waals surface area contributed by atoms with Crippen molar-refractivity contribution in [2.75, 3.05) is 24.7 Å². The molecule has 3 aromatic carbocycles. The van der Waals surface area contributed by atoms with Gasteiger partial charge in [0.15, 0.2) is 5.69 Å². The average molecular weight is 544 g/mol. The Bertz CT molecular complexity index is 1680. The summed E-state index contributed by atoms with van der Waals surface area (Å²) < 4.78 is 26.7. The zero-order chi connectivity index (χ0) is 27.9. The fourth-order valence-electron chi connectivity index (χ4n) is 4.79. The first-order valence-electron chi connectivity index (χ1n) is 12.4. The lowest BCUT2D eigenvalue weighted by molar-refractivity contribution is 0.0972. The molecule has 2 amide bonds. The first kappa shape index (κ1) is 26.3. The van der Waals surface area contributed by atoms with Crippen LogP contribution >= 0.6 is 0 Å². The summed E-state index contributed by atoms with van der Waals surface area (Å²) in [7, 11) is -1.78. The minimum atomic E-state index is -3.33. The van der Waals surface area contributed by atoms with Crippen LogP contribution in [0.2, 0.25) is 0 Å². The van der Waals surface area contributed by atoms with Gasteiger partial charge in [0.2, 0.25) is 10.0 Å². The van der Waals surface area contributed by atoms with E-state index in [1.165, 1.54) is 15.2 Å². The largest absolute Gasteiger partial charge is 0.364 e. The van der Waals surface area contributed by atoms with Gasteiger partial charge in [-0.15, -0.1) is 0 Å². The van der Waals surface area contributed by atoms with Gasteiger partial charge < -0.3 is 10.6 Å². The summed E-state index contributed by atoms with van der Waals surface area (Å²) in [5.41, 5.74) is 11.7. The molecule has 5 rings (SSSR count). The lowest BCUT2D eigenvalue weighted by atomic mass is 9.98. The van der Waals surface area contributed by atoms with E-state index in [1.54, 1.807) is 11.9 Å². The van der Waals surface area contributed by atoms with Crippen LogP contribution in [0.5, 0.6) is 0 Å². The summed E-state index contributed by atoms with van der Waals surface area (Å²) in [6.45, 7) is 2.59. The molecule has 0 aliphatic carbocycles. The summed E-state index contributed by atoms with van der Waals surface area (Å²) in [5.74, 6) is -0.928. The number of primary amides is 1. The molecule has 0 saturated heterocycles. The predicted molar refractivity (Wildman–Crippen MR) is 150 cm³/mol. The molecule has 0 atom stereocenters. The highest BCUT2D eigenvalue weighted by molar-refractivity contribution is 7.88. The summed E-state index contributed by atoms with van der Waals surface area (Å²) >= 11 is 0. The van der Waals surface area contributed by atoms with E-state index < -0.39 is 15.9 Å². The minimum Gasteiger partial charge on any atom is -0.364 e. The van der Waals surface area contributed by atoms with Crippen molar-refractivity contribution in [2.45, 2.75) is 19.9 Å². The standard InChI is InChI=1S/C29H29N5O4S/c1-19-8-12-23(13-9-19)34-27-25(26(31-34)28(30)35)16-17-33(29(27)36)22-14-10-20(11-15-22)24-7-5-4-6-21(24)18-32(2)39(3,37)38/h4-15H,16-18H2,1-3H3,(H2,30,35). The Balaban J connectivity index is 1.48. The normalized spacial score (nSPS) is 13.5. The number of nitrogens with zero attached hydrogens (tertiary/aromatic N) is 4. The number of carbonyl (C=O) groups is 2. The molecule has 1 aromatic heterocycles. The van der Waals surface area contributed by atoms with Crippen LogP contribution in [-0.4, -0.2) is 54.2 Å². The van der Waals surface area contributed by atoms with Crippen molar-refractivity contribution in [3.8, 4) is 16.8 Å². The van der Waals surface area contributed by atoms with Crippen molar-refractivity contribution in [1.29, 1.82) is 0 Å². The Morgan fingerprint density at radius 1 is 1.00 bits per heavy atom. The first-order chi connectivity index (χ1) is 18.5. The SMILES string of the molecule is Cc1ccc(-n2nc(C(N)=O)c3c2C(=O)N(c2ccc(-c4ccccc4CN(C)S(C)(=O)=O)cc2)CC3)cc1. The molecule has 2 N–H and O–H groups in total. The van der Waals surface area contributed by atoms with Gasteiger partial charge in [0.25, 0.3) is 11.8 Å². The first-order valence-corrected chi connectivity index (χ1v) is 14.3. The van der Waals surface area contributed by atoms with Crippen LogP contribution in [0.3, 0.4) is 0 Å². The summed E-state index contributed by atoms with van der Waals surface area (Å²) in [6.07, 6.45) is 1.62. The Morgan fingerprint density at radius 3 is 2.28 bits per heavy atom. The van der Waals surface area contributed by atoms with Crippen LogP contribution in [0.1, 0.15) is 37.7 Å². The zero-order valence-electron chi connectivity index (χ0n) is 22.0. The number of aromatic nitrogens is 2. The molecule has 2 heterocycles. The van der Waals surface area contributed by atoms with Crippen molar-refractivity contribution in [3.05, 3.63) is 101 Å². The molecule has 0 saturated carbocycles. The molecule has 10 heteroatoms. The Kier molecular flexibility index (Phi) is 6.83. The monoisotopic (exact) mass is 543 g/mol. The third-order valence-corrected chi connectivity index (χ3v) is 8.26. The van der Waals surface area contributed by atoms with Gasteiger partial charge in [-0.25, -0.2) is 17.4 Å². The minimum absolute atomic E-state index is 0.115. The molecule has 1 aliphatic heterocycles. The quantitative estimate of drug-likeness (QED) is 0.383. The Hall–Kier alpha value is -4.28. The van der Waals surface area contributed by atoms with Gasteiger partial charge in [0.05, 0.1) is 11.9 Å². The van der Waals surface area contributed by atoms with E-state index in [-0.39, 0.29) is 18.1 Å². The van der Waals surface area contributed by atoms with Crippen LogP contribution in [0, 0.1) is 6.92 Å². The maximum atomic E-state index is 13.8. The molecular weight excluding hydrogens is 514 g/mol. The van der Waals surface area contributed by atoms with Gasteiger partial charge in [-0.05, 0) is 54.3 Å². The maximum Gasteiger partial charge on any atom is 0.277 e. The third-order valence-electron chi connectivity index (χ3n) is 7.00. The molecule has 9 nitrogen and oxygen atoms in total. The molecular formula is C29H29N5O4S. The van der Waals surface area contributed by atoms with Crippen molar-refractivity contribution >= 4 is 27.5 Å². The van der Waals surface area contributed by atoms with Gasteiger partial charge in [0.1, 0.15) is 5.69 Å². The highest BCUT2D eigenvalue weighted by atomic mass is 32.2. The van der Waals surface area contributed by atoms with E-state index in [4.69, 9.17) is 5.73 Å². The topological polar surface area (TPSA) is 119 Å². The van der Waals surface area contributed by atoms with Crippen molar-refractivity contribution < 1.29 is 18.0 Å². The Labute approximate surface area is 227 Å². The van der Waals surface area contributed by atoms with Crippen LogP contribution in [0.15, 0.2) is 72.8 Å². The van der Waals surface area contributed by atoms with Crippen LogP contribution in [0.25, 0.3) is 16.8 Å². The van der Waals surface area contributed by atoms with Crippen LogP contribution in [-0.2, 0) is 23.0 Å². The zero-order valence-corrected chi connectivity index (χ0v) is 22.8. The van der Waals surface area contributed by atoms with Crippen molar-refractivity contribution in [2.24, 2.45) is 5.73 Å². The van der Waals surface area contributed by atoms with E-state index in [9.17, 15) is 18.0 Å². The molecule has 0 spiro atoms. The maximum absolute atomic E-state index is 13.8. The number of anilines is 1. The van der Waals surface area contributed by atoms with E-state index in [1.807, 2.05) is 79.7 Å². The third kappa shape index (κ3) is 5.08. The number of sulfonamides is 1. The lowest BCUT2D eigenvalue weighted by Crippen LogP contribution is -2.39. The second kappa shape index (κ2) is 10.1. The number of hydrogen-bond acceptors (Lipinski definition) is 5. The number of fused-ring (bicyclic) bond motifs is 1. The molecule has 0 fully saturated rings. The molecule has 0 radical (unpaired) electrons. The summed E-state index contributed by atoms with van der Waals surface area (Å²) in [4.78, 5) is 27.6. The molecule has 4 aromatic rings. The molecule has 1 aliphatic rings. The van der Waals surface area contributed by atoms with Gasteiger partial charge in [0, 0.05) is 31.4 Å². The number of hydrogen-bond donors (Lipinski definition) is 1. The van der Waals surface area contributed by atoms with E-state index >= 15 is 0 Å². The fraction of sp³-hybridized carbons (Fsp3) is 0.207. The second-order valence-corrected chi connectivity index (χ2v) is 11.8. The Morgan fingerprint density at radius 2 is 1.64 bits per heavy atom. The van der Waals surface area contributed by atoms with Crippen molar-refractivity contribution in [1.82, 2.24) is 14.1 Å². The number of benzene rings is 3. The van der Waals surface area contributed by atoms with Gasteiger partial charge >= 0.3 is 0 Å². The number of nitrogens with two attached hydrogens (primary N) is 1. The number of aryl methyl sites for hydroxylation is 1. The number of carbonyl (C=O) groups excluding carboxylic acids is 2. The van der Waals surface area contributed by atoms with Crippen molar-refractivity contribution in [3.63, 3.8) is 0 Å². The smallest absolute Gasteiger partial charge is 0.277 e. The number of rotatable bonds is 7. The lowest BCUT2D eigenvalue weighted by Gasteiger charge is -2.28. The summed E-state index contributed by atoms with van der Waals surface area (Å²) in [5, 5.41) is 4.42. The van der Waals surface area contributed by atoms with E-state index in [0.717, 1.165) is 22.3 Å². The molecule has 200 valence electrons. The van der Waals surface area contributed by atoms with E-state index in [0.29, 0.717) is 35.6 Å². The fourth-order valence-corrected chi connectivity index (χ4v) is 5.17. The van der Waals surface area contributed by atoms with Crippen LogP contribution < -0.4 is 10.6 Å². The summed E-state index contributed by atoms with van der Waals surface area (Å²) in [6, 6.07) is 22.8. The second-order valence-electron chi connectivity index (χ2n) is 9.72. The van der Waals surface area contributed by atoms with E-state index in [2.05, 4.69) is 5.10 Å².